The third kappa shape index (κ3) is 5.82. The van der Waals surface area contributed by atoms with Crippen molar-refractivity contribution < 1.29 is 22.7 Å². The van der Waals surface area contributed by atoms with Gasteiger partial charge in [-0.05, 0) is 26.7 Å². The molecule has 1 heterocycles. The highest BCUT2D eigenvalue weighted by molar-refractivity contribution is 14.1. The van der Waals surface area contributed by atoms with Crippen LogP contribution in [0.2, 0.25) is 0 Å². The number of halogens is 2. The van der Waals surface area contributed by atoms with Crippen molar-refractivity contribution in [2.75, 3.05) is 19.8 Å². The number of ether oxygens (including phenoxy) is 1. The second kappa shape index (κ2) is 8.15. The molecule has 0 amide bonds. The summed E-state index contributed by atoms with van der Waals surface area (Å²) < 4.78 is 41.4. The van der Waals surface area contributed by atoms with E-state index in [0.717, 1.165) is 19.4 Å². The molecule has 0 saturated carbocycles. The van der Waals surface area contributed by atoms with E-state index < -0.39 is 13.5 Å². The van der Waals surface area contributed by atoms with E-state index in [0.29, 0.717) is 6.10 Å². The van der Waals surface area contributed by atoms with Crippen molar-refractivity contribution in [3.63, 3.8) is 0 Å². The van der Waals surface area contributed by atoms with Crippen molar-refractivity contribution >= 4 is 30.2 Å². The van der Waals surface area contributed by atoms with E-state index in [4.69, 9.17) is 13.8 Å². The van der Waals surface area contributed by atoms with E-state index in [1.54, 1.807) is 13.8 Å². The molecule has 108 valence electrons. The van der Waals surface area contributed by atoms with E-state index in [2.05, 4.69) is 22.6 Å². The molecule has 1 fully saturated rings. The molecule has 0 aromatic rings. The standard InChI is InChI=1S/C11H21FIO4P/c1-3-16-18(14,17-4-2)11(12)7-9(13)5-6-10-8-15-10/h9-11H,3-8H2,1-2H3. The van der Waals surface area contributed by atoms with Gasteiger partial charge in [-0.15, -0.1) is 0 Å². The Bertz CT molecular complexity index is 278. The maximum absolute atomic E-state index is 14.1. The lowest BCUT2D eigenvalue weighted by molar-refractivity contribution is 0.186. The van der Waals surface area contributed by atoms with Crippen molar-refractivity contribution in [3.8, 4) is 0 Å². The first-order valence-electron chi connectivity index (χ1n) is 6.30. The molecule has 0 radical (unpaired) electrons. The average molecular weight is 394 g/mol. The molecule has 1 saturated heterocycles. The zero-order valence-electron chi connectivity index (χ0n) is 10.8. The van der Waals surface area contributed by atoms with Crippen LogP contribution >= 0.6 is 30.2 Å². The Balaban J connectivity index is 2.38. The van der Waals surface area contributed by atoms with Crippen molar-refractivity contribution in [3.05, 3.63) is 0 Å². The van der Waals surface area contributed by atoms with Gasteiger partial charge in [0.15, 0.2) is 0 Å². The van der Waals surface area contributed by atoms with Crippen molar-refractivity contribution in [1.29, 1.82) is 0 Å². The molecule has 0 N–H and O–H groups in total. The van der Waals surface area contributed by atoms with Crippen LogP contribution in [-0.4, -0.2) is 35.8 Å². The normalized spacial score (nSPS) is 22.8. The van der Waals surface area contributed by atoms with Crippen LogP contribution in [-0.2, 0) is 18.3 Å². The van der Waals surface area contributed by atoms with E-state index in [1.165, 1.54) is 0 Å². The molecule has 1 rings (SSSR count). The van der Waals surface area contributed by atoms with E-state index in [-0.39, 0.29) is 23.6 Å². The van der Waals surface area contributed by atoms with E-state index >= 15 is 0 Å². The van der Waals surface area contributed by atoms with Crippen LogP contribution in [0.25, 0.3) is 0 Å². The van der Waals surface area contributed by atoms with Gasteiger partial charge in [-0.1, -0.05) is 22.6 Å². The largest absolute Gasteiger partial charge is 0.373 e. The van der Waals surface area contributed by atoms with Gasteiger partial charge < -0.3 is 13.8 Å². The highest BCUT2D eigenvalue weighted by atomic mass is 127. The molecule has 0 aromatic carbocycles. The summed E-state index contributed by atoms with van der Waals surface area (Å²) in [5, 5.41) is 0. The Kier molecular flexibility index (Phi) is 7.61. The third-order valence-electron chi connectivity index (χ3n) is 2.62. The summed E-state index contributed by atoms with van der Waals surface area (Å²) in [4.78, 5) is 0. The highest BCUT2D eigenvalue weighted by Gasteiger charge is 2.37. The predicted molar refractivity (Wildman–Crippen MR) is 77.2 cm³/mol. The van der Waals surface area contributed by atoms with E-state index in [1.807, 2.05) is 0 Å². The molecule has 0 aromatic heterocycles. The first kappa shape index (κ1) is 16.8. The fourth-order valence-electron chi connectivity index (χ4n) is 1.62. The molecule has 0 bridgehead atoms. The van der Waals surface area contributed by atoms with Crippen molar-refractivity contribution in [2.45, 2.75) is 49.1 Å². The van der Waals surface area contributed by atoms with Gasteiger partial charge in [0.05, 0.1) is 25.9 Å². The molecule has 1 aliphatic heterocycles. The first-order valence-corrected chi connectivity index (χ1v) is 9.16. The topological polar surface area (TPSA) is 48.1 Å². The van der Waals surface area contributed by atoms with Crippen LogP contribution < -0.4 is 0 Å². The number of epoxide rings is 1. The zero-order chi connectivity index (χ0) is 13.6. The molecular weight excluding hydrogens is 373 g/mol. The molecule has 0 spiro atoms. The molecule has 1 aliphatic rings. The molecular formula is C11H21FIO4P. The van der Waals surface area contributed by atoms with E-state index in [9.17, 15) is 8.96 Å². The summed E-state index contributed by atoms with van der Waals surface area (Å²) in [7, 11) is -3.60. The van der Waals surface area contributed by atoms with Crippen LogP contribution in [0.15, 0.2) is 0 Å². The second-order valence-electron chi connectivity index (χ2n) is 4.18. The molecule has 3 atom stereocenters. The first-order chi connectivity index (χ1) is 8.51. The van der Waals surface area contributed by atoms with Gasteiger partial charge in [0, 0.05) is 10.3 Å². The number of hydrogen-bond acceptors (Lipinski definition) is 4. The lowest BCUT2D eigenvalue weighted by Crippen LogP contribution is -2.14. The summed E-state index contributed by atoms with van der Waals surface area (Å²) in [5.74, 6) is -1.54. The van der Waals surface area contributed by atoms with Gasteiger partial charge >= 0.3 is 7.60 Å². The summed E-state index contributed by atoms with van der Waals surface area (Å²) in [6.45, 7) is 4.58. The Morgan fingerprint density at radius 3 is 2.44 bits per heavy atom. The summed E-state index contributed by atoms with van der Waals surface area (Å²) >= 11 is 2.19. The Hall–Kier alpha value is 0.770. The van der Waals surface area contributed by atoms with Crippen molar-refractivity contribution in [2.24, 2.45) is 0 Å². The van der Waals surface area contributed by atoms with Gasteiger partial charge in [0.25, 0.3) is 0 Å². The Labute approximate surface area is 122 Å². The molecule has 4 nitrogen and oxygen atoms in total. The number of alkyl halides is 2. The summed E-state index contributed by atoms with van der Waals surface area (Å²) in [6, 6.07) is 0. The minimum absolute atomic E-state index is 0.121. The second-order valence-corrected chi connectivity index (χ2v) is 8.09. The number of hydrogen-bond donors (Lipinski definition) is 0. The minimum atomic E-state index is -3.60. The fraction of sp³-hybridized carbons (Fsp3) is 1.00. The zero-order valence-corrected chi connectivity index (χ0v) is 13.9. The third-order valence-corrected chi connectivity index (χ3v) is 5.88. The van der Waals surface area contributed by atoms with Gasteiger partial charge in [-0.2, -0.15) is 0 Å². The number of rotatable bonds is 10. The smallest absolute Gasteiger partial charge is 0.364 e. The van der Waals surface area contributed by atoms with Crippen LogP contribution in [0.4, 0.5) is 4.39 Å². The van der Waals surface area contributed by atoms with Crippen molar-refractivity contribution in [1.82, 2.24) is 0 Å². The molecule has 18 heavy (non-hydrogen) atoms. The van der Waals surface area contributed by atoms with Gasteiger partial charge in [-0.3, -0.25) is 4.57 Å². The monoisotopic (exact) mass is 394 g/mol. The van der Waals surface area contributed by atoms with Crippen LogP contribution in [0.1, 0.15) is 33.1 Å². The lowest BCUT2D eigenvalue weighted by Gasteiger charge is -2.22. The highest BCUT2D eigenvalue weighted by Crippen LogP contribution is 2.55. The summed E-state index contributed by atoms with van der Waals surface area (Å²) in [5.41, 5.74) is 0. The van der Waals surface area contributed by atoms with Gasteiger partial charge in [-0.25, -0.2) is 4.39 Å². The summed E-state index contributed by atoms with van der Waals surface area (Å²) in [6.07, 6.45) is 2.36. The van der Waals surface area contributed by atoms with Crippen LogP contribution in [0.5, 0.6) is 0 Å². The molecule has 7 heteroatoms. The Morgan fingerprint density at radius 1 is 1.44 bits per heavy atom. The maximum atomic E-state index is 14.1. The van der Waals surface area contributed by atoms with Gasteiger partial charge in [0.2, 0.25) is 5.91 Å². The van der Waals surface area contributed by atoms with Gasteiger partial charge in [0.1, 0.15) is 0 Å². The predicted octanol–water partition coefficient (Wildman–Crippen LogP) is 3.92. The van der Waals surface area contributed by atoms with Crippen LogP contribution in [0, 0.1) is 0 Å². The molecule has 3 unspecified atom stereocenters. The Morgan fingerprint density at radius 2 is 2.00 bits per heavy atom. The maximum Gasteiger partial charge on any atom is 0.364 e. The molecule has 0 aliphatic carbocycles. The quantitative estimate of drug-likeness (QED) is 0.244. The van der Waals surface area contributed by atoms with Crippen LogP contribution in [0.3, 0.4) is 0 Å². The minimum Gasteiger partial charge on any atom is -0.373 e. The fourth-order valence-corrected chi connectivity index (χ4v) is 4.46. The average Bonchev–Trinajstić information content (AvgIpc) is 3.10. The SMILES string of the molecule is CCOP(=O)(OCC)C(F)CC(I)CCC1CO1. The lowest BCUT2D eigenvalue weighted by atomic mass is 10.2.